The molecule has 4 nitrogen and oxygen atoms in total. The quantitative estimate of drug-likeness (QED) is 0.668. The van der Waals surface area contributed by atoms with Gasteiger partial charge in [-0.15, -0.1) is 0 Å². The normalized spacial score (nSPS) is 12.3. The number of nitrogens with one attached hydrogen (secondary N) is 1. The molecule has 0 saturated heterocycles. The van der Waals surface area contributed by atoms with Crippen LogP contribution in [0.4, 0.5) is 4.79 Å². The second-order valence-electron chi connectivity index (χ2n) is 3.25. The highest BCUT2D eigenvalue weighted by Crippen LogP contribution is 1.91. The zero-order valence-electron chi connectivity index (χ0n) is 8.84. The molecule has 1 atom stereocenters. The maximum atomic E-state index is 11.2. The van der Waals surface area contributed by atoms with Crippen LogP contribution in [0.2, 0.25) is 0 Å². The van der Waals surface area contributed by atoms with E-state index in [1.54, 1.807) is 11.9 Å². The van der Waals surface area contributed by atoms with Crippen molar-refractivity contribution < 1.29 is 4.79 Å². The van der Waals surface area contributed by atoms with E-state index < -0.39 is 0 Å². The summed E-state index contributed by atoms with van der Waals surface area (Å²) in [5.74, 6) is 0. The van der Waals surface area contributed by atoms with Crippen LogP contribution in [0.1, 0.15) is 26.7 Å². The summed E-state index contributed by atoms with van der Waals surface area (Å²) in [5, 5.41) is 2.78. The topological polar surface area (TPSA) is 58.4 Å². The van der Waals surface area contributed by atoms with Gasteiger partial charge in [0.1, 0.15) is 0 Å². The Balaban J connectivity index is 3.57. The monoisotopic (exact) mass is 187 g/mol. The van der Waals surface area contributed by atoms with E-state index in [0.29, 0.717) is 6.54 Å². The lowest BCUT2D eigenvalue weighted by molar-refractivity contribution is 0.210. The van der Waals surface area contributed by atoms with E-state index in [4.69, 9.17) is 5.73 Å². The molecule has 13 heavy (non-hydrogen) atoms. The van der Waals surface area contributed by atoms with E-state index in [0.717, 1.165) is 19.4 Å². The fraction of sp³-hybridized carbons (Fsp3) is 0.889. The predicted molar refractivity (Wildman–Crippen MR) is 54.6 cm³/mol. The third-order valence-corrected chi connectivity index (χ3v) is 2.00. The number of carbonyl (C=O) groups excluding carboxylic acids is 1. The zero-order chi connectivity index (χ0) is 10.3. The van der Waals surface area contributed by atoms with Gasteiger partial charge in [-0.05, 0) is 13.3 Å². The number of urea groups is 1. The molecule has 0 aromatic rings. The molecule has 0 radical (unpaired) electrons. The van der Waals surface area contributed by atoms with Crippen LogP contribution in [0.5, 0.6) is 0 Å². The largest absolute Gasteiger partial charge is 0.336 e. The van der Waals surface area contributed by atoms with Crippen LogP contribution in [0, 0.1) is 0 Å². The van der Waals surface area contributed by atoms with E-state index in [1.807, 2.05) is 6.92 Å². The minimum atomic E-state index is -0.0472. The van der Waals surface area contributed by atoms with E-state index >= 15 is 0 Å². The van der Waals surface area contributed by atoms with E-state index in [2.05, 4.69) is 12.2 Å². The summed E-state index contributed by atoms with van der Waals surface area (Å²) in [6.45, 7) is 5.30. The average molecular weight is 187 g/mol. The van der Waals surface area contributed by atoms with Gasteiger partial charge in [0.2, 0.25) is 0 Å². The molecule has 0 fully saturated rings. The van der Waals surface area contributed by atoms with E-state index in [9.17, 15) is 4.79 Å². The number of nitrogens with two attached hydrogens (primary N) is 1. The standard InChI is InChI=1S/C9H21N3O/c1-4-6-8(10)7-11-9(13)12(3)5-2/h8H,4-7,10H2,1-3H3,(H,11,13). The number of carbonyl (C=O) groups is 1. The van der Waals surface area contributed by atoms with Gasteiger partial charge in [0.25, 0.3) is 0 Å². The molecule has 0 aliphatic carbocycles. The maximum absolute atomic E-state index is 11.2. The molecule has 0 saturated carbocycles. The fourth-order valence-corrected chi connectivity index (χ4v) is 0.970. The first-order chi connectivity index (χ1) is 6.11. The molecule has 0 bridgehead atoms. The lowest BCUT2D eigenvalue weighted by Crippen LogP contribution is -2.43. The predicted octanol–water partition coefficient (Wildman–Crippen LogP) is 0.775. The first kappa shape index (κ1) is 12.2. The summed E-state index contributed by atoms with van der Waals surface area (Å²) in [7, 11) is 1.76. The summed E-state index contributed by atoms with van der Waals surface area (Å²) >= 11 is 0. The lowest BCUT2D eigenvalue weighted by atomic mass is 10.2. The van der Waals surface area contributed by atoms with Gasteiger partial charge in [-0.3, -0.25) is 0 Å². The first-order valence-electron chi connectivity index (χ1n) is 4.86. The van der Waals surface area contributed by atoms with Crippen LogP contribution < -0.4 is 11.1 Å². The van der Waals surface area contributed by atoms with Gasteiger partial charge in [0.15, 0.2) is 0 Å². The van der Waals surface area contributed by atoms with Gasteiger partial charge >= 0.3 is 6.03 Å². The van der Waals surface area contributed by atoms with Gasteiger partial charge in [0, 0.05) is 26.2 Å². The minimum absolute atomic E-state index is 0.0472. The Morgan fingerprint density at radius 2 is 2.15 bits per heavy atom. The van der Waals surface area contributed by atoms with Crippen molar-refractivity contribution in [2.24, 2.45) is 5.73 Å². The molecule has 4 heteroatoms. The minimum Gasteiger partial charge on any atom is -0.336 e. The van der Waals surface area contributed by atoms with E-state index in [1.165, 1.54) is 0 Å². The maximum Gasteiger partial charge on any atom is 0.317 e. The van der Waals surface area contributed by atoms with Gasteiger partial charge < -0.3 is 16.0 Å². The summed E-state index contributed by atoms with van der Waals surface area (Å²) in [6.07, 6.45) is 2.01. The molecule has 0 rings (SSSR count). The molecule has 0 aromatic heterocycles. The fourth-order valence-electron chi connectivity index (χ4n) is 0.970. The van der Waals surface area contributed by atoms with Crippen LogP contribution in [0.3, 0.4) is 0 Å². The Morgan fingerprint density at radius 1 is 1.54 bits per heavy atom. The lowest BCUT2D eigenvalue weighted by Gasteiger charge is -2.17. The molecule has 1 unspecified atom stereocenters. The SMILES string of the molecule is CCCC(N)CNC(=O)N(C)CC. The van der Waals surface area contributed by atoms with Crippen molar-refractivity contribution in [3.8, 4) is 0 Å². The van der Waals surface area contributed by atoms with Crippen molar-refractivity contribution >= 4 is 6.03 Å². The van der Waals surface area contributed by atoms with Gasteiger partial charge in [-0.2, -0.15) is 0 Å². The Hall–Kier alpha value is -0.770. The average Bonchev–Trinajstić information content (AvgIpc) is 2.13. The van der Waals surface area contributed by atoms with Crippen LogP contribution >= 0.6 is 0 Å². The van der Waals surface area contributed by atoms with Crippen LogP contribution in [0.15, 0.2) is 0 Å². The van der Waals surface area contributed by atoms with Crippen molar-refractivity contribution in [3.63, 3.8) is 0 Å². The van der Waals surface area contributed by atoms with Gasteiger partial charge in [-0.1, -0.05) is 13.3 Å². The number of nitrogens with zero attached hydrogens (tertiary/aromatic N) is 1. The van der Waals surface area contributed by atoms with Crippen molar-refractivity contribution in [2.75, 3.05) is 20.1 Å². The third-order valence-electron chi connectivity index (χ3n) is 2.00. The van der Waals surface area contributed by atoms with Gasteiger partial charge in [0.05, 0.1) is 0 Å². The molecule has 0 aromatic carbocycles. The van der Waals surface area contributed by atoms with Crippen LogP contribution in [-0.4, -0.2) is 37.1 Å². The Kier molecular flexibility index (Phi) is 6.32. The number of hydrogen-bond donors (Lipinski definition) is 2. The molecule has 0 aliphatic heterocycles. The molecule has 3 N–H and O–H groups in total. The van der Waals surface area contributed by atoms with Crippen molar-refractivity contribution in [1.82, 2.24) is 10.2 Å². The Morgan fingerprint density at radius 3 is 2.62 bits per heavy atom. The van der Waals surface area contributed by atoms with E-state index in [-0.39, 0.29) is 12.1 Å². The highest BCUT2D eigenvalue weighted by molar-refractivity contribution is 5.73. The molecular formula is C9H21N3O. The van der Waals surface area contributed by atoms with Crippen LogP contribution in [0.25, 0.3) is 0 Å². The van der Waals surface area contributed by atoms with Crippen molar-refractivity contribution in [1.29, 1.82) is 0 Å². The molecule has 0 aliphatic rings. The Bertz CT molecular complexity index is 150. The first-order valence-corrected chi connectivity index (χ1v) is 4.86. The highest BCUT2D eigenvalue weighted by atomic mass is 16.2. The summed E-state index contributed by atoms with van der Waals surface area (Å²) in [5.41, 5.74) is 5.74. The number of rotatable bonds is 5. The van der Waals surface area contributed by atoms with Crippen molar-refractivity contribution in [2.45, 2.75) is 32.7 Å². The van der Waals surface area contributed by atoms with Gasteiger partial charge in [-0.25, -0.2) is 4.79 Å². The number of hydrogen-bond acceptors (Lipinski definition) is 2. The van der Waals surface area contributed by atoms with Crippen molar-refractivity contribution in [3.05, 3.63) is 0 Å². The summed E-state index contributed by atoms with van der Waals surface area (Å²) in [6, 6.07) is 0.0354. The number of amides is 2. The third kappa shape index (κ3) is 5.47. The second-order valence-corrected chi connectivity index (χ2v) is 3.25. The smallest absolute Gasteiger partial charge is 0.317 e. The second kappa shape index (κ2) is 6.71. The molecule has 0 spiro atoms. The summed E-state index contributed by atoms with van der Waals surface area (Å²) < 4.78 is 0. The zero-order valence-corrected chi connectivity index (χ0v) is 8.84. The molecule has 0 heterocycles. The molecule has 2 amide bonds. The van der Waals surface area contributed by atoms with Crippen LogP contribution in [-0.2, 0) is 0 Å². The molecular weight excluding hydrogens is 166 g/mol. The summed E-state index contributed by atoms with van der Waals surface area (Å²) in [4.78, 5) is 12.9. The Labute approximate surface area is 80.5 Å². The highest BCUT2D eigenvalue weighted by Gasteiger charge is 2.07. The molecule has 78 valence electrons.